The van der Waals surface area contributed by atoms with E-state index in [1.54, 1.807) is 11.8 Å². The molecule has 20 heavy (non-hydrogen) atoms. The molecular formula is C15H14N4S. The standard InChI is InChI=1S/C15H14N4S/c16-7-8-19-11-6-5-10(17)15-13(11)14(18-19)9-3-1-2-4-12(9)20-15/h1-6H,7-8,16-17H2. The quantitative estimate of drug-likeness (QED) is 0.555. The highest BCUT2D eigenvalue weighted by molar-refractivity contribution is 8.00. The van der Waals surface area contributed by atoms with Crippen LogP contribution in [-0.2, 0) is 6.54 Å². The summed E-state index contributed by atoms with van der Waals surface area (Å²) < 4.78 is 1.98. The number of nitrogen functional groups attached to an aromatic ring is 1. The highest BCUT2D eigenvalue weighted by atomic mass is 32.2. The molecule has 0 radical (unpaired) electrons. The Labute approximate surface area is 120 Å². The van der Waals surface area contributed by atoms with Crippen LogP contribution in [0, 0.1) is 0 Å². The van der Waals surface area contributed by atoms with Crippen molar-refractivity contribution in [2.45, 2.75) is 16.3 Å². The van der Waals surface area contributed by atoms with E-state index in [4.69, 9.17) is 16.6 Å². The lowest BCUT2D eigenvalue weighted by atomic mass is 10.1. The minimum atomic E-state index is 0.574. The molecule has 0 amide bonds. The number of aromatic nitrogens is 2. The Balaban J connectivity index is 2.12. The number of hydrogen-bond donors (Lipinski definition) is 2. The summed E-state index contributed by atoms with van der Waals surface area (Å²) in [4.78, 5) is 2.32. The molecule has 0 saturated heterocycles. The van der Waals surface area contributed by atoms with E-state index in [1.165, 1.54) is 10.5 Å². The number of anilines is 1. The van der Waals surface area contributed by atoms with Gasteiger partial charge in [-0.3, -0.25) is 4.68 Å². The van der Waals surface area contributed by atoms with Gasteiger partial charge in [0.05, 0.1) is 12.1 Å². The molecule has 0 atom stereocenters. The van der Waals surface area contributed by atoms with E-state index in [0.717, 1.165) is 27.2 Å². The fourth-order valence-electron chi connectivity index (χ4n) is 2.71. The summed E-state index contributed by atoms with van der Waals surface area (Å²) in [5, 5.41) is 5.91. The Morgan fingerprint density at radius 2 is 2.00 bits per heavy atom. The predicted molar refractivity (Wildman–Crippen MR) is 82.8 cm³/mol. The Morgan fingerprint density at radius 1 is 1.15 bits per heavy atom. The van der Waals surface area contributed by atoms with Gasteiger partial charge in [-0.25, -0.2) is 0 Å². The second-order valence-electron chi connectivity index (χ2n) is 4.84. The summed E-state index contributed by atoms with van der Waals surface area (Å²) in [6.45, 7) is 1.29. The highest BCUT2D eigenvalue weighted by Gasteiger charge is 2.24. The van der Waals surface area contributed by atoms with Crippen LogP contribution in [0.15, 0.2) is 46.2 Å². The minimum absolute atomic E-state index is 0.574. The summed E-state index contributed by atoms with van der Waals surface area (Å²) in [6.07, 6.45) is 0. The van der Waals surface area contributed by atoms with Crippen molar-refractivity contribution >= 4 is 28.4 Å². The van der Waals surface area contributed by atoms with Gasteiger partial charge in [-0.1, -0.05) is 30.0 Å². The van der Waals surface area contributed by atoms with Gasteiger partial charge in [-0.2, -0.15) is 5.10 Å². The average Bonchev–Trinajstić information content (AvgIpc) is 2.83. The first kappa shape index (κ1) is 11.8. The number of rotatable bonds is 2. The van der Waals surface area contributed by atoms with E-state index in [1.807, 2.05) is 28.9 Å². The van der Waals surface area contributed by atoms with Crippen molar-refractivity contribution in [1.29, 1.82) is 0 Å². The molecule has 4 nitrogen and oxygen atoms in total. The third kappa shape index (κ3) is 1.50. The van der Waals surface area contributed by atoms with E-state index in [2.05, 4.69) is 12.1 Å². The summed E-state index contributed by atoms with van der Waals surface area (Å²) >= 11 is 1.72. The molecule has 0 aliphatic carbocycles. The van der Waals surface area contributed by atoms with Gasteiger partial charge in [-0.15, -0.1) is 0 Å². The molecule has 2 aromatic carbocycles. The first-order valence-electron chi connectivity index (χ1n) is 6.56. The van der Waals surface area contributed by atoms with Crippen molar-refractivity contribution in [3.63, 3.8) is 0 Å². The van der Waals surface area contributed by atoms with Gasteiger partial charge in [0.15, 0.2) is 0 Å². The van der Waals surface area contributed by atoms with Crippen LogP contribution >= 0.6 is 11.8 Å². The fourth-order valence-corrected chi connectivity index (χ4v) is 3.84. The molecule has 0 saturated carbocycles. The van der Waals surface area contributed by atoms with Crippen molar-refractivity contribution < 1.29 is 0 Å². The van der Waals surface area contributed by atoms with Crippen LogP contribution in [0.1, 0.15) is 0 Å². The van der Waals surface area contributed by atoms with Crippen molar-refractivity contribution in [2.24, 2.45) is 5.73 Å². The highest BCUT2D eigenvalue weighted by Crippen LogP contribution is 2.49. The smallest absolute Gasteiger partial charge is 0.103 e. The molecule has 100 valence electrons. The molecule has 2 heterocycles. The Morgan fingerprint density at radius 3 is 2.85 bits per heavy atom. The summed E-state index contributed by atoms with van der Waals surface area (Å²) in [7, 11) is 0. The first-order chi connectivity index (χ1) is 9.79. The van der Waals surface area contributed by atoms with E-state index in [9.17, 15) is 0 Å². The molecular weight excluding hydrogens is 268 g/mol. The molecule has 1 aliphatic rings. The molecule has 5 heteroatoms. The SMILES string of the molecule is NCCn1nc2c3c(c(N)ccc31)Sc1ccccc1-2. The van der Waals surface area contributed by atoms with Gasteiger partial charge >= 0.3 is 0 Å². The largest absolute Gasteiger partial charge is 0.398 e. The molecule has 1 aromatic heterocycles. The Kier molecular flexibility index (Phi) is 2.52. The average molecular weight is 282 g/mol. The van der Waals surface area contributed by atoms with E-state index < -0.39 is 0 Å². The molecule has 4 rings (SSSR count). The van der Waals surface area contributed by atoms with Gasteiger partial charge < -0.3 is 11.5 Å². The monoisotopic (exact) mass is 282 g/mol. The van der Waals surface area contributed by atoms with Crippen molar-refractivity contribution in [1.82, 2.24) is 9.78 Å². The zero-order valence-corrected chi connectivity index (χ0v) is 11.7. The fraction of sp³-hybridized carbons (Fsp3) is 0.133. The van der Waals surface area contributed by atoms with Crippen LogP contribution in [0.5, 0.6) is 0 Å². The van der Waals surface area contributed by atoms with Crippen LogP contribution in [0.2, 0.25) is 0 Å². The van der Waals surface area contributed by atoms with Crippen LogP contribution in [-0.4, -0.2) is 16.3 Å². The maximum absolute atomic E-state index is 6.16. The second kappa shape index (κ2) is 4.26. The van der Waals surface area contributed by atoms with Crippen molar-refractivity contribution in [3.05, 3.63) is 36.4 Å². The third-order valence-electron chi connectivity index (χ3n) is 3.60. The van der Waals surface area contributed by atoms with Gasteiger partial charge in [0.25, 0.3) is 0 Å². The zero-order valence-electron chi connectivity index (χ0n) is 10.8. The molecule has 1 aliphatic heterocycles. The van der Waals surface area contributed by atoms with Crippen LogP contribution < -0.4 is 11.5 Å². The van der Waals surface area contributed by atoms with Gasteiger partial charge in [0, 0.05) is 33.0 Å². The predicted octanol–water partition coefficient (Wildman–Crippen LogP) is 2.71. The lowest BCUT2D eigenvalue weighted by Gasteiger charge is -2.16. The molecule has 4 N–H and O–H groups in total. The summed E-state index contributed by atoms with van der Waals surface area (Å²) in [6, 6.07) is 12.3. The second-order valence-corrected chi connectivity index (χ2v) is 5.89. The Hall–Kier alpha value is -1.98. The number of benzene rings is 2. The maximum Gasteiger partial charge on any atom is 0.103 e. The molecule has 0 bridgehead atoms. The maximum atomic E-state index is 6.16. The molecule has 3 aromatic rings. The minimum Gasteiger partial charge on any atom is -0.398 e. The van der Waals surface area contributed by atoms with Gasteiger partial charge in [-0.05, 0) is 18.2 Å². The number of hydrogen-bond acceptors (Lipinski definition) is 4. The van der Waals surface area contributed by atoms with Crippen molar-refractivity contribution in [3.8, 4) is 11.3 Å². The normalized spacial score (nSPS) is 12.7. The Bertz CT molecular complexity index is 822. The van der Waals surface area contributed by atoms with E-state index >= 15 is 0 Å². The summed E-state index contributed by atoms with van der Waals surface area (Å²) in [5.74, 6) is 0. The lowest BCUT2D eigenvalue weighted by molar-refractivity contribution is 0.648. The van der Waals surface area contributed by atoms with Crippen LogP contribution in [0.25, 0.3) is 22.2 Å². The molecule has 0 fully saturated rings. The number of nitrogens with zero attached hydrogens (tertiary/aromatic N) is 2. The first-order valence-corrected chi connectivity index (χ1v) is 7.37. The molecule has 0 spiro atoms. The zero-order chi connectivity index (χ0) is 13.7. The number of fused-ring (bicyclic) bond motifs is 2. The van der Waals surface area contributed by atoms with E-state index in [0.29, 0.717) is 13.1 Å². The molecule has 0 unspecified atom stereocenters. The van der Waals surface area contributed by atoms with Gasteiger partial charge in [0.2, 0.25) is 0 Å². The summed E-state index contributed by atoms with van der Waals surface area (Å²) in [5.41, 5.74) is 16.0. The van der Waals surface area contributed by atoms with Crippen molar-refractivity contribution in [2.75, 3.05) is 12.3 Å². The van der Waals surface area contributed by atoms with E-state index in [-0.39, 0.29) is 0 Å². The topological polar surface area (TPSA) is 69.9 Å². The lowest BCUT2D eigenvalue weighted by Crippen LogP contribution is -2.10. The third-order valence-corrected chi connectivity index (χ3v) is 4.82. The van der Waals surface area contributed by atoms with Gasteiger partial charge in [0.1, 0.15) is 5.69 Å². The number of nitrogens with two attached hydrogens (primary N) is 2. The van der Waals surface area contributed by atoms with Crippen LogP contribution in [0.4, 0.5) is 5.69 Å². The van der Waals surface area contributed by atoms with Crippen LogP contribution in [0.3, 0.4) is 0 Å².